The molecule has 4 amide bonds. The van der Waals surface area contributed by atoms with Crippen molar-refractivity contribution in [2.45, 2.75) is 83.2 Å². The molecule has 2 aliphatic heterocycles. The van der Waals surface area contributed by atoms with E-state index in [0.717, 1.165) is 18.4 Å². The van der Waals surface area contributed by atoms with Crippen molar-refractivity contribution < 1.29 is 24.0 Å². The van der Waals surface area contributed by atoms with Gasteiger partial charge in [0.05, 0.1) is 18.4 Å². The van der Waals surface area contributed by atoms with Gasteiger partial charge in [0.15, 0.2) is 0 Å². The van der Waals surface area contributed by atoms with E-state index in [1.165, 1.54) is 5.06 Å². The standard InChI is InChI=1S/C26H37N5O5/c1-25(2,3)35-16-27-19-11-18(12-19)22(32)28-29-23(33)20-13-26(9-10-26)21-14-30(20)24(34)31(21)36-15-17-7-5-4-6-8-17/h4-8,18-21,27H,9-16H2,1-3H3,(H,28,32)(H,29,33)/t18?,19?,20-,21?/m0/s1. The number of hydrazine groups is 1. The Hall–Kier alpha value is -2.69. The summed E-state index contributed by atoms with van der Waals surface area (Å²) in [5, 5.41) is 4.77. The predicted molar refractivity (Wildman–Crippen MR) is 131 cm³/mol. The number of piperidine rings is 1. The zero-order valence-corrected chi connectivity index (χ0v) is 21.3. The molecular weight excluding hydrogens is 462 g/mol. The molecule has 3 N–H and O–H groups in total. The van der Waals surface area contributed by atoms with Crippen LogP contribution < -0.4 is 16.2 Å². The lowest BCUT2D eigenvalue weighted by atomic mass is 9.80. The van der Waals surface area contributed by atoms with Crippen LogP contribution in [0.4, 0.5) is 4.79 Å². The Labute approximate surface area is 212 Å². The average molecular weight is 500 g/mol. The second-order valence-electron chi connectivity index (χ2n) is 11.6. The van der Waals surface area contributed by atoms with Gasteiger partial charge < -0.3 is 9.64 Å². The van der Waals surface area contributed by atoms with Crippen LogP contribution in [0, 0.1) is 11.3 Å². The van der Waals surface area contributed by atoms with Gasteiger partial charge in [0.1, 0.15) is 12.6 Å². The van der Waals surface area contributed by atoms with E-state index >= 15 is 0 Å². The normalized spacial score (nSPS) is 28.1. The van der Waals surface area contributed by atoms with E-state index in [1.807, 2.05) is 51.1 Å². The number of nitrogens with zero attached hydrogens (tertiary/aromatic N) is 2. The third-order valence-electron chi connectivity index (χ3n) is 7.87. The van der Waals surface area contributed by atoms with Gasteiger partial charge in [-0.2, -0.15) is 5.06 Å². The van der Waals surface area contributed by atoms with Crippen LogP contribution in [0.3, 0.4) is 0 Å². The molecule has 2 saturated carbocycles. The number of nitrogens with one attached hydrogen (secondary N) is 3. The monoisotopic (exact) mass is 499 g/mol. The molecule has 5 rings (SSSR count). The zero-order valence-electron chi connectivity index (χ0n) is 21.3. The minimum Gasteiger partial charge on any atom is -0.361 e. The summed E-state index contributed by atoms with van der Waals surface area (Å²) in [5.41, 5.74) is 5.85. The van der Waals surface area contributed by atoms with E-state index in [2.05, 4.69) is 16.2 Å². The van der Waals surface area contributed by atoms with Crippen LogP contribution in [-0.2, 0) is 25.8 Å². The highest BCUT2D eigenvalue weighted by Gasteiger charge is 2.64. The highest BCUT2D eigenvalue weighted by Crippen LogP contribution is 2.59. The summed E-state index contributed by atoms with van der Waals surface area (Å²) in [6.45, 7) is 7.20. The lowest BCUT2D eigenvalue weighted by Crippen LogP contribution is -2.58. The number of hydrogen-bond donors (Lipinski definition) is 3. The molecule has 0 aromatic heterocycles. The van der Waals surface area contributed by atoms with Crippen molar-refractivity contribution in [2.24, 2.45) is 11.3 Å². The molecule has 4 aliphatic rings. The third-order valence-corrected chi connectivity index (χ3v) is 7.87. The van der Waals surface area contributed by atoms with Gasteiger partial charge in [-0.3, -0.25) is 30.6 Å². The molecule has 36 heavy (non-hydrogen) atoms. The van der Waals surface area contributed by atoms with Gasteiger partial charge in [0.2, 0.25) is 5.91 Å². The molecule has 196 valence electrons. The molecule has 0 radical (unpaired) electrons. The van der Waals surface area contributed by atoms with E-state index < -0.39 is 6.04 Å². The van der Waals surface area contributed by atoms with Gasteiger partial charge in [0, 0.05) is 18.5 Å². The van der Waals surface area contributed by atoms with Crippen molar-refractivity contribution in [3.63, 3.8) is 0 Å². The number of urea groups is 1. The Morgan fingerprint density at radius 3 is 2.44 bits per heavy atom. The first-order valence-corrected chi connectivity index (χ1v) is 12.9. The molecule has 1 spiro atoms. The molecular formula is C26H37N5O5. The fraction of sp³-hybridized carbons (Fsp3) is 0.654. The topological polar surface area (TPSA) is 112 Å². The van der Waals surface area contributed by atoms with Crippen molar-refractivity contribution in [3.05, 3.63) is 35.9 Å². The molecule has 2 atom stereocenters. The van der Waals surface area contributed by atoms with Crippen LogP contribution in [0.1, 0.15) is 58.4 Å². The van der Waals surface area contributed by atoms with Gasteiger partial charge in [-0.05, 0) is 63.9 Å². The first-order valence-electron chi connectivity index (χ1n) is 12.9. The predicted octanol–water partition coefficient (Wildman–Crippen LogP) is 2.07. The molecule has 10 nitrogen and oxygen atoms in total. The molecule has 10 heteroatoms. The smallest absolute Gasteiger partial charge is 0.345 e. The van der Waals surface area contributed by atoms with Gasteiger partial charge in [-0.15, -0.1) is 0 Å². The van der Waals surface area contributed by atoms with Crippen LogP contribution in [0.5, 0.6) is 0 Å². The van der Waals surface area contributed by atoms with Crippen molar-refractivity contribution in [2.75, 3.05) is 13.3 Å². The highest BCUT2D eigenvalue weighted by atomic mass is 16.7. The molecule has 2 heterocycles. The lowest BCUT2D eigenvalue weighted by Gasteiger charge is -2.37. The number of rotatable bonds is 8. The molecule has 2 saturated heterocycles. The highest BCUT2D eigenvalue weighted by molar-refractivity contribution is 5.90. The number of carbonyl (C=O) groups excluding carboxylic acids is 3. The number of hydrogen-bond acceptors (Lipinski definition) is 6. The Morgan fingerprint density at radius 2 is 1.78 bits per heavy atom. The Morgan fingerprint density at radius 1 is 1.08 bits per heavy atom. The fourth-order valence-electron chi connectivity index (χ4n) is 5.41. The Bertz CT molecular complexity index is 986. The maximum Gasteiger partial charge on any atom is 0.345 e. The second-order valence-corrected chi connectivity index (χ2v) is 11.6. The minimum absolute atomic E-state index is 0.0472. The SMILES string of the molecule is CC(C)(C)OCNC1CC(C(=O)NNC(=O)[C@@H]2CC3(CC3)C3CN2C(=O)N3OCc2ccccc2)C1. The van der Waals surface area contributed by atoms with E-state index in [1.54, 1.807) is 4.90 Å². The van der Waals surface area contributed by atoms with Crippen LogP contribution in [0.25, 0.3) is 0 Å². The van der Waals surface area contributed by atoms with E-state index in [4.69, 9.17) is 9.57 Å². The molecule has 1 aromatic rings. The summed E-state index contributed by atoms with van der Waals surface area (Å²) in [4.78, 5) is 46.3. The van der Waals surface area contributed by atoms with Crippen molar-refractivity contribution in [1.29, 1.82) is 0 Å². The van der Waals surface area contributed by atoms with Gasteiger partial charge in [0.25, 0.3) is 5.91 Å². The van der Waals surface area contributed by atoms with Gasteiger partial charge in [-0.1, -0.05) is 30.3 Å². The molecule has 2 bridgehead atoms. The van der Waals surface area contributed by atoms with Crippen LogP contribution in [0.2, 0.25) is 0 Å². The van der Waals surface area contributed by atoms with Crippen LogP contribution in [0.15, 0.2) is 30.3 Å². The quantitative estimate of drug-likeness (QED) is 0.373. The minimum atomic E-state index is -0.618. The third kappa shape index (κ3) is 5.21. The fourth-order valence-corrected chi connectivity index (χ4v) is 5.41. The van der Waals surface area contributed by atoms with Gasteiger partial charge >= 0.3 is 6.03 Å². The summed E-state index contributed by atoms with van der Waals surface area (Å²) in [6.07, 6.45) is 3.91. The lowest BCUT2D eigenvalue weighted by molar-refractivity contribution is -0.153. The maximum atomic E-state index is 13.2. The van der Waals surface area contributed by atoms with Crippen molar-refractivity contribution in [1.82, 2.24) is 26.1 Å². The van der Waals surface area contributed by atoms with Crippen molar-refractivity contribution >= 4 is 17.8 Å². The number of fused-ring (bicyclic) bond motifs is 3. The van der Waals surface area contributed by atoms with E-state index in [9.17, 15) is 14.4 Å². The summed E-state index contributed by atoms with van der Waals surface area (Å²) < 4.78 is 5.66. The molecule has 1 unspecified atom stereocenters. The average Bonchev–Trinajstić information content (AvgIpc) is 3.52. The zero-order chi connectivity index (χ0) is 25.5. The number of hydroxylamine groups is 2. The number of amides is 4. The Kier molecular flexibility index (Phi) is 6.69. The Balaban J connectivity index is 1.10. The second kappa shape index (κ2) is 9.64. The van der Waals surface area contributed by atoms with Crippen LogP contribution in [-0.4, -0.2) is 64.8 Å². The molecule has 1 aromatic carbocycles. The summed E-state index contributed by atoms with van der Waals surface area (Å²) in [6, 6.07) is 9.01. The first kappa shape index (κ1) is 25.0. The largest absolute Gasteiger partial charge is 0.361 e. The van der Waals surface area contributed by atoms with E-state index in [-0.39, 0.29) is 46.9 Å². The number of ether oxygens (including phenoxy) is 1. The van der Waals surface area contributed by atoms with Gasteiger partial charge in [-0.25, -0.2) is 4.79 Å². The summed E-state index contributed by atoms with van der Waals surface area (Å²) >= 11 is 0. The van der Waals surface area contributed by atoms with Crippen LogP contribution >= 0.6 is 0 Å². The molecule has 2 aliphatic carbocycles. The molecule has 4 fully saturated rings. The first-order chi connectivity index (χ1) is 17.2. The maximum absolute atomic E-state index is 13.2. The van der Waals surface area contributed by atoms with E-state index in [0.29, 0.717) is 39.1 Å². The summed E-state index contributed by atoms with van der Waals surface area (Å²) in [5.74, 6) is -0.703. The number of benzene rings is 1. The summed E-state index contributed by atoms with van der Waals surface area (Å²) in [7, 11) is 0. The number of carbonyl (C=O) groups is 3. The van der Waals surface area contributed by atoms with Crippen molar-refractivity contribution in [3.8, 4) is 0 Å².